The highest BCUT2D eigenvalue weighted by molar-refractivity contribution is 5.40. The summed E-state index contributed by atoms with van der Waals surface area (Å²) in [4.78, 5) is 6.79. The Kier molecular flexibility index (Phi) is 6.32. The van der Waals surface area contributed by atoms with Gasteiger partial charge in [-0.05, 0) is 31.7 Å². The van der Waals surface area contributed by atoms with Gasteiger partial charge in [-0.2, -0.15) is 10.1 Å². The average molecular weight is 313 g/mol. The summed E-state index contributed by atoms with van der Waals surface area (Å²) >= 11 is 0. The van der Waals surface area contributed by atoms with Crippen LogP contribution in [0.1, 0.15) is 39.7 Å². The van der Waals surface area contributed by atoms with Crippen LogP contribution in [0.25, 0.3) is 0 Å². The third-order valence-corrected chi connectivity index (χ3v) is 3.65. The maximum Gasteiger partial charge on any atom is 0.247 e. The van der Waals surface area contributed by atoms with Gasteiger partial charge in [-0.25, -0.2) is 0 Å². The fraction of sp³-hybridized carbons (Fsp3) is 0.500. The smallest absolute Gasteiger partial charge is 0.247 e. The number of nitrogens with zero attached hydrogens (tertiary/aromatic N) is 4. The van der Waals surface area contributed by atoms with Gasteiger partial charge in [0.05, 0.1) is 6.20 Å². The van der Waals surface area contributed by atoms with Gasteiger partial charge in [0.1, 0.15) is 0 Å². The molecule has 0 saturated heterocycles. The van der Waals surface area contributed by atoms with Crippen LogP contribution in [0.2, 0.25) is 0 Å². The van der Waals surface area contributed by atoms with Crippen molar-refractivity contribution in [1.29, 1.82) is 0 Å². The molecule has 1 N–H and O–H groups in total. The van der Waals surface area contributed by atoms with Crippen molar-refractivity contribution in [3.63, 3.8) is 0 Å². The molecular formula is C18H27N5. The highest BCUT2D eigenvalue weighted by Gasteiger charge is 2.15. The van der Waals surface area contributed by atoms with Crippen LogP contribution in [-0.4, -0.2) is 27.8 Å². The summed E-state index contributed by atoms with van der Waals surface area (Å²) in [5, 5.41) is 11.7. The number of anilines is 2. The van der Waals surface area contributed by atoms with Gasteiger partial charge in [0.25, 0.3) is 0 Å². The minimum Gasteiger partial charge on any atom is -0.369 e. The predicted molar refractivity (Wildman–Crippen MR) is 95.5 cm³/mol. The monoisotopic (exact) mass is 313 g/mol. The summed E-state index contributed by atoms with van der Waals surface area (Å²) < 4.78 is 0. The molecule has 0 bridgehead atoms. The normalized spacial score (nSPS) is 11.0. The fourth-order valence-electron chi connectivity index (χ4n) is 2.25. The van der Waals surface area contributed by atoms with Crippen molar-refractivity contribution >= 4 is 11.8 Å². The molecule has 2 aromatic rings. The summed E-state index contributed by atoms with van der Waals surface area (Å²) in [7, 11) is 0. The molecule has 5 nitrogen and oxygen atoms in total. The zero-order chi connectivity index (χ0) is 16.7. The Balaban J connectivity index is 2.09. The Hall–Kier alpha value is -2.17. The van der Waals surface area contributed by atoms with Crippen molar-refractivity contribution in [2.75, 3.05) is 16.8 Å². The van der Waals surface area contributed by atoms with E-state index in [1.165, 1.54) is 5.56 Å². The van der Waals surface area contributed by atoms with Gasteiger partial charge in [-0.3, -0.25) is 0 Å². The molecule has 0 spiro atoms. The van der Waals surface area contributed by atoms with E-state index in [2.05, 4.69) is 77.4 Å². The number of nitrogens with one attached hydrogen (secondary N) is 1. The van der Waals surface area contributed by atoms with Crippen LogP contribution in [0.3, 0.4) is 0 Å². The van der Waals surface area contributed by atoms with E-state index in [1.807, 2.05) is 6.07 Å². The van der Waals surface area contributed by atoms with Crippen molar-refractivity contribution in [2.24, 2.45) is 5.92 Å². The molecule has 0 saturated carbocycles. The van der Waals surface area contributed by atoms with E-state index in [0.717, 1.165) is 25.3 Å². The quantitative estimate of drug-likeness (QED) is 0.804. The average Bonchev–Trinajstić information content (AvgIpc) is 2.53. The number of rotatable bonds is 8. The maximum absolute atomic E-state index is 4.63. The highest BCUT2D eigenvalue weighted by Crippen LogP contribution is 2.16. The van der Waals surface area contributed by atoms with E-state index in [0.29, 0.717) is 17.9 Å². The van der Waals surface area contributed by atoms with Gasteiger partial charge in [0.15, 0.2) is 5.82 Å². The van der Waals surface area contributed by atoms with E-state index >= 15 is 0 Å². The molecule has 124 valence electrons. The first-order valence-electron chi connectivity index (χ1n) is 8.30. The fourth-order valence-corrected chi connectivity index (χ4v) is 2.25. The lowest BCUT2D eigenvalue weighted by molar-refractivity contribution is 0.605. The van der Waals surface area contributed by atoms with Crippen LogP contribution in [-0.2, 0) is 6.54 Å². The zero-order valence-corrected chi connectivity index (χ0v) is 14.5. The van der Waals surface area contributed by atoms with E-state index in [-0.39, 0.29) is 0 Å². The second kappa shape index (κ2) is 8.46. The SMILES string of the molecule is CC(C)CCNc1cnnc(N(Cc2ccccc2)C(C)C)n1. The van der Waals surface area contributed by atoms with Crippen LogP contribution in [0.4, 0.5) is 11.8 Å². The zero-order valence-electron chi connectivity index (χ0n) is 14.5. The molecule has 1 aromatic carbocycles. The number of aromatic nitrogens is 3. The van der Waals surface area contributed by atoms with E-state index < -0.39 is 0 Å². The van der Waals surface area contributed by atoms with Gasteiger partial charge in [-0.15, -0.1) is 5.10 Å². The largest absolute Gasteiger partial charge is 0.369 e. The minimum atomic E-state index is 0.294. The van der Waals surface area contributed by atoms with Crippen LogP contribution < -0.4 is 10.2 Å². The lowest BCUT2D eigenvalue weighted by Gasteiger charge is -2.26. The molecule has 0 radical (unpaired) electrons. The first kappa shape index (κ1) is 17.2. The predicted octanol–water partition coefficient (Wildman–Crippen LogP) is 3.74. The number of hydrogen-bond acceptors (Lipinski definition) is 5. The lowest BCUT2D eigenvalue weighted by atomic mass is 10.1. The number of hydrogen-bond donors (Lipinski definition) is 1. The van der Waals surface area contributed by atoms with Crippen molar-refractivity contribution < 1.29 is 0 Å². The Morgan fingerprint density at radius 2 is 1.83 bits per heavy atom. The summed E-state index contributed by atoms with van der Waals surface area (Å²) in [5.41, 5.74) is 1.24. The standard InChI is InChI=1S/C18H27N5/c1-14(2)10-11-19-17-12-20-22-18(21-17)23(15(3)4)13-16-8-6-5-7-9-16/h5-9,12,14-15H,10-11,13H2,1-4H3,(H,19,21,22). The highest BCUT2D eigenvalue weighted by atomic mass is 15.3. The Labute approximate surface area is 139 Å². The van der Waals surface area contributed by atoms with Crippen LogP contribution in [0, 0.1) is 5.92 Å². The van der Waals surface area contributed by atoms with Crippen molar-refractivity contribution in [3.8, 4) is 0 Å². The third-order valence-electron chi connectivity index (χ3n) is 3.65. The van der Waals surface area contributed by atoms with Gasteiger partial charge >= 0.3 is 0 Å². The molecule has 2 rings (SSSR count). The van der Waals surface area contributed by atoms with Crippen LogP contribution in [0.15, 0.2) is 36.5 Å². The Bertz CT molecular complexity index is 583. The summed E-state index contributed by atoms with van der Waals surface area (Å²) in [6.45, 7) is 10.4. The molecule has 0 aliphatic rings. The third kappa shape index (κ3) is 5.51. The van der Waals surface area contributed by atoms with Gasteiger partial charge in [-0.1, -0.05) is 44.2 Å². The minimum absolute atomic E-state index is 0.294. The molecular weight excluding hydrogens is 286 g/mol. The second-order valence-corrected chi connectivity index (χ2v) is 6.46. The first-order chi connectivity index (χ1) is 11.1. The molecule has 0 amide bonds. The van der Waals surface area contributed by atoms with E-state index in [9.17, 15) is 0 Å². The summed E-state index contributed by atoms with van der Waals surface area (Å²) in [6, 6.07) is 10.7. The second-order valence-electron chi connectivity index (χ2n) is 6.46. The maximum atomic E-state index is 4.63. The molecule has 0 unspecified atom stereocenters. The Morgan fingerprint density at radius 3 is 2.48 bits per heavy atom. The number of benzene rings is 1. The molecule has 23 heavy (non-hydrogen) atoms. The van der Waals surface area contributed by atoms with E-state index in [4.69, 9.17) is 0 Å². The van der Waals surface area contributed by atoms with Crippen LogP contribution in [0.5, 0.6) is 0 Å². The molecule has 0 atom stereocenters. The van der Waals surface area contributed by atoms with E-state index in [1.54, 1.807) is 6.20 Å². The van der Waals surface area contributed by atoms with Crippen LogP contribution >= 0.6 is 0 Å². The van der Waals surface area contributed by atoms with Gasteiger partial charge in [0.2, 0.25) is 5.95 Å². The van der Waals surface area contributed by atoms with Gasteiger partial charge in [0, 0.05) is 19.1 Å². The van der Waals surface area contributed by atoms with Crippen molar-refractivity contribution in [2.45, 2.75) is 46.7 Å². The van der Waals surface area contributed by atoms with Crippen molar-refractivity contribution in [1.82, 2.24) is 15.2 Å². The molecule has 1 heterocycles. The topological polar surface area (TPSA) is 53.9 Å². The molecule has 1 aromatic heterocycles. The molecule has 0 fully saturated rings. The lowest BCUT2D eigenvalue weighted by Crippen LogP contribution is -2.32. The Morgan fingerprint density at radius 1 is 1.09 bits per heavy atom. The molecule has 0 aliphatic carbocycles. The molecule has 5 heteroatoms. The molecule has 0 aliphatic heterocycles. The summed E-state index contributed by atoms with van der Waals surface area (Å²) in [5.74, 6) is 2.12. The first-order valence-corrected chi connectivity index (χ1v) is 8.30. The van der Waals surface area contributed by atoms with Crippen molar-refractivity contribution in [3.05, 3.63) is 42.1 Å². The van der Waals surface area contributed by atoms with Gasteiger partial charge < -0.3 is 10.2 Å². The summed E-state index contributed by atoms with van der Waals surface area (Å²) in [6.07, 6.45) is 2.79.